The molecule has 0 aromatic carbocycles. The number of ketones is 1. The Morgan fingerprint density at radius 3 is 2.45 bits per heavy atom. The summed E-state index contributed by atoms with van der Waals surface area (Å²) in [4.78, 5) is 26.9. The van der Waals surface area contributed by atoms with Crippen LogP contribution in [0.5, 0.6) is 0 Å². The number of amides is 1. The van der Waals surface area contributed by atoms with Gasteiger partial charge < -0.3 is 10.3 Å². The maximum Gasteiger partial charge on any atom is 0.220 e. The first kappa shape index (κ1) is 21.6. The van der Waals surface area contributed by atoms with Crippen LogP contribution in [-0.2, 0) is 4.79 Å². The van der Waals surface area contributed by atoms with E-state index in [1.54, 1.807) is 0 Å². The summed E-state index contributed by atoms with van der Waals surface area (Å²) in [5.74, 6) is 0.0123. The van der Waals surface area contributed by atoms with E-state index >= 15 is 0 Å². The molecule has 2 N–H and O–H groups in total. The predicted molar refractivity (Wildman–Crippen MR) is 118 cm³/mol. The molecule has 29 heavy (non-hydrogen) atoms. The highest BCUT2D eigenvalue weighted by Gasteiger charge is 2.30. The first-order valence-electron chi connectivity index (χ1n) is 10.2. The van der Waals surface area contributed by atoms with Crippen LogP contribution < -0.4 is 5.73 Å². The number of halogens is 1. The van der Waals surface area contributed by atoms with Gasteiger partial charge in [0.15, 0.2) is 5.78 Å². The van der Waals surface area contributed by atoms with Crippen molar-refractivity contribution in [2.75, 3.05) is 13.1 Å². The minimum Gasteiger partial charge on any atom is -0.369 e. The Morgan fingerprint density at radius 2 is 1.83 bits per heavy atom. The summed E-state index contributed by atoms with van der Waals surface area (Å²) >= 11 is 6.20. The average molecular weight is 416 g/mol. The fraction of sp³-hybridized carbons (Fsp3) is 0.478. The summed E-state index contributed by atoms with van der Waals surface area (Å²) in [6, 6.07) is 1.75. The number of allylic oxidation sites excluding steroid dienone is 6. The maximum atomic E-state index is 13.3. The van der Waals surface area contributed by atoms with Gasteiger partial charge >= 0.3 is 0 Å². The zero-order valence-electron chi connectivity index (χ0n) is 17.6. The minimum atomic E-state index is -0.235. The van der Waals surface area contributed by atoms with E-state index in [0.717, 1.165) is 53.6 Å². The van der Waals surface area contributed by atoms with Crippen molar-refractivity contribution in [3.05, 3.63) is 52.4 Å². The topological polar surface area (TPSA) is 68.3 Å². The van der Waals surface area contributed by atoms with Crippen molar-refractivity contribution < 1.29 is 9.59 Å². The van der Waals surface area contributed by atoms with Gasteiger partial charge in [-0.25, -0.2) is 0 Å². The van der Waals surface area contributed by atoms with Crippen LogP contribution in [0.4, 0.5) is 0 Å². The molecule has 1 aromatic rings. The van der Waals surface area contributed by atoms with Gasteiger partial charge in [0, 0.05) is 33.6 Å². The number of likely N-dealkylation sites (tertiary alicyclic amines) is 1. The molecule has 2 atom stereocenters. The molecule has 1 aliphatic carbocycles. The molecule has 0 saturated carbocycles. The van der Waals surface area contributed by atoms with Crippen molar-refractivity contribution in [3.63, 3.8) is 0 Å². The minimum absolute atomic E-state index is 0.0741. The molecule has 0 spiro atoms. The van der Waals surface area contributed by atoms with Crippen LogP contribution in [0.15, 0.2) is 35.4 Å². The van der Waals surface area contributed by atoms with Crippen LogP contribution in [-0.4, -0.2) is 40.3 Å². The second-order valence-electron chi connectivity index (χ2n) is 8.21. The Kier molecular flexibility index (Phi) is 6.49. The lowest BCUT2D eigenvalue weighted by Crippen LogP contribution is -2.46. The third-order valence-electron chi connectivity index (χ3n) is 6.08. The third-order valence-corrected chi connectivity index (χ3v) is 6.33. The van der Waals surface area contributed by atoms with Gasteiger partial charge in [-0.2, -0.15) is 0 Å². The Labute approximate surface area is 177 Å². The van der Waals surface area contributed by atoms with Crippen molar-refractivity contribution >= 4 is 29.0 Å². The Morgan fingerprint density at radius 1 is 1.17 bits per heavy atom. The zero-order chi connectivity index (χ0) is 21.3. The van der Waals surface area contributed by atoms with Crippen LogP contribution in [0, 0.1) is 25.7 Å². The van der Waals surface area contributed by atoms with Gasteiger partial charge in [0.1, 0.15) is 0 Å². The molecule has 1 fully saturated rings. The molecule has 6 heteroatoms. The molecule has 2 unspecified atom stereocenters. The third kappa shape index (κ3) is 4.57. The number of aryl methyl sites for hydroxylation is 1. The number of nitrogens with two attached hydrogens (primary N) is 1. The molecule has 1 amide bonds. The Bertz CT molecular complexity index is 901. The number of carbonyl (C=O) groups is 2. The predicted octanol–water partition coefficient (Wildman–Crippen LogP) is 4.04. The van der Waals surface area contributed by atoms with Crippen LogP contribution in [0.25, 0.3) is 5.70 Å². The molecule has 2 aliphatic rings. The van der Waals surface area contributed by atoms with E-state index in [2.05, 4.69) is 22.5 Å². The molecular formula is C23H30ClN3O2. The monoisotopic (exact) mass is 415 g/mol. The number of hydrogen-bond donors (Lipinski definition) is 1. The number of rotatable bonds is 5. The lowest BCUT2D eigenvalue weighted by Gasteiger charge is -2.34. The van der Waals surface area contributed by atoms with Gasteiger partial charge in [-0.05, 0) is 70.8 Å². The summed E-state index contributed by atoms with van der Waals surface area (Å²) in [5, 5.41) is 0.718. The fourth-order valence-electron chi connectivity index (χ4n) is 4.37. The number of Topliss-reactive ketones (excluding diaryl/α,β-unsaturated/α-hetero) is 1. The van der Waals surface area contributed by atoms with E-state index in [1.807, 2.05) is 45.1 Å². The highest BCUT2D eigenvalue weighted by atomic mass is 35.5. The average Bonchev–Trinajstić information content (AvgIpc) is 2.86. The second-order valence-corrected chi connectivity index (χ2v) is 8.65. The van der Waals surface area contributed by atoms with E-state index in [-0.39, 0.29) is 29.6 Å². The van der Waals surface area contributed by atoms with Gasteiger partial charge in [0.05, 0.1) is 6.04 Å². The molecule has 2 heterocycles. The number of carbonyl (C=O) groups excluding carboxylic acids is 2. The van der Waals surface area contributed by atoms with E-state index in [0.29, 0.717) is 0 Å². The molecular weight excluding hydrogens is 386 g/mol. The summed E-state index contributed by atoms with van der Waals surface area (Å²) in [5.41, 5.74) is 9.16. The summed E-state index contributed by atoms with van der Waals surface area (Å²) in [7, 11) is 0. The lowest BCUT2D eigenvalue weighted by molar-refractivity contribution is -0.123. The van der Waals surface area contributed by atoms with Crippen molar-refractivity contribution in [2.45, 2.75) is 46.6 Å². The SMILES string of the molecule is Cc1cc(C(=O)C(C)N2CCC(C(N)=O)CC2)c(C)n1C1=CC(C)C=C(Cl)C=C1. The van der Waals surface area contributed by atoms with Crippen LogP contribution >= 0.6 is 11.6 Å². The van der Waals surface area contributed by atoms with Gasteiger partial charge in [-0.15, -0.1) is 0 Å². The van der Waals surface area contributed by atoms with Crippen molar-refractivity contribution in [3.8, 4) is 0 Å². The maximum absolute atomic E-state index is 13.3. The molecule has 1 saturated heterocycles. The molecule has 0 radical (unpaired) electrons. The highest BCUT2D eigenvalue weighted by molar-refractivity contribution is 6.31. The van der Waals surface area contributed by atoms with Gasteiger partial charge in [-0.3, -0.25) is 14.5 Å². The lowest BCUT2D eigenvalue weighted by atomic mass is 9.94. The van der Waals surface area contributed by atoms with Crippen LogP contribution in [0.2, 0.25) is 0 Å². The number of hydrogen-bond acceptors (Lipinski definition) is 3. The first-order chi connectivity index (χ1) is 13.7. The smallest absolute Gasteiger partial charge is 0.220 e. The largest absolute Gasteiger partial charge is 0.369 e. The molecule has 1 aliphatic heterocycles. The molecule has 3 rings (SSSR count). The number of piperidine rings is 1. The highest BCUT2D eigenvalue weighted by Crippen LogP contribution is 2.28. The number of aromatic nitrogens is 1. The van der Waals surface area contributed by atoms with E-state index in [1.165, 1.54) is 0 Å². The Balaban J connectivity index is 1.82. The van der Waals surface area contributed by atoms with Crippen LogP contribution in [0.3, 0.4) is 0 Å². The molecule has 5 nitrogen and oxygen atoms in total. The van der Waals surface area contributed by atoms with Gasteiger partial charge in [-0.1, -0.05) is 30.7 Å². The van der Waals surface area contributed by atoms with E-state index in [9.17, 15) is 9.59 Å². The van der Waals surface area contributed by atoms with Crippen molar-refractivity contribution in [1.29, 1.82) is 0 Å². The van der Waals surface area contributed by atoms with Crippen LogP contribution in [0.1, 0.15) is 48.4 Å². The van der Waals surface area contributed by atoms with Gasteiger partial charge in [0.2, 0.25) is 5.91 Å². The number of nitrogens with zero attached hydrogens (tertiary/aromatic N) is 2. The normalized spacial score (nSPS) is 22.0. The first-order valence-corrected chi connectivity index (χ1v) is 10.6. The van der Waals surface area contributed by atoms with Gasteiger partial charge in [0.25, 0.3) is 0 Å². The fourth-order valence-corrected chi connectivity index (χ4v) is 4.63. The summed E-state index contributed by atoms with van der Waals surface area (Å²) in [6.45, 7) is 9.49. The second kappa shape index (κ2) is 8.72. The summed E-state index contributed by atoms with van der Waals surface area (Å²) in [6.07, 6.45) is 9.48. The molecule has 1 aromatic heterocycles. The van der Waals surface area contributed by atoms with Crippen molar-refractivity contribution in [2.24, 2.45) is 17.6 Å². The molecule has 0 bridgehead atoms. The quantitative estimate of drug-likeness (QED) is 0.738. The summed E-state index contributed by atoms with van der Waals surface area (Å²) < 4.78 is 2.12. The van der Waals surface area contributed by atoms with E-state index < -0.39 is 0 Å². The standard InChI is InChI=1S/C23H30ClN3O2/c1-14-11-19(24)5-6-20(12-14)27-15(2)13-21(16(27)3)22(28)17(4)26-9-7-18(8-10-26)23(25)29/h5-6,11-14,17-18H,7-10H2,1-4H3,(H2,25,29). The van der Waals surface area contributed by atoms with Crippen molar-refractivity contribution in [1.82, 2.24) is 9.47 Å². The Hall–Kier alpha value is -2.11. The number of primary amides is 1. The van der Waals surface area contributed by atoms with E-state index in [4.69, 9.17) is 17.3 Å². The molecule has 156 valence electrons. The zero-order valence-corrected chi connectivity index (χ0v) is 18.4.